The van der Waals surface area contributed by atoms with E-state index in [2.05, 4.69) is 16.2 Å². The fourth-order valence-corrected chi connectivity index (χ4v) is 3.45. The summed E-state index contributed by atoms with van der Waals surface area (Å²) in [5, 5.41) is 4.14. The normalized spacial score (nSPS) is 15.9. The van der Waals surface area contributed by atoms with Gasteiger partial charge in [0, 0.05) is 39.8 Å². The minimum atomic E-state index is -0.725. The molecule has 1 radical (unpaired) electrons. The topological polar surface area (TPSA) is 87.7 Å². The van der Waals surface area contributed by atoms with E-state index in [0.717, 1.165) is 36.8 Å². The Labute approximate surface area is 201 Å². The van der Waals surface area contributed by atoms with Crippen molar-refractivity contribution in [2.75, 3.05) is 0 Å². The van der Waals surface area contributed by atoms with E-state index in [4.69, 9.17) is 9.47 Å². The summed E-state index contributed by atoms with van der Waals surface area (Å²) in [5.41, 5.74) is 2.42. The number of aryl methyl sites for hydroxylation is 3. The van der Waals surface area contributed by atoms with Gasteiger partial charge >= 0.3 is 6.16 Å². The van der Waals surface area contributed by atoms with Crippen LogP contribution in [-0.2, 0) is 49.2 Å². The predicted molar refractivity (Wildman–Crippen MR) is 105 cm³/mol. The molecule has 1 amide bonds. The van der Waals surface area contributed by atoms with Gasteiger partial charge in [0.1, 0.15) is 12.4 Å². The van der Waals surface area contributed by atoms with Crippen LogP contribution in [0.25, 0.3) is 0 Å². The molecule has 30 heavy (non-hydrogen) atoms. The number of amides is 1. The zero-order chi connectivity index (χ0) is 21.0. The van der Waals surface area contributed by atoms with Crippen molar-refractivity contribution >= 4 is 12.1 Å². The summed E-state index contributed by atoms with van der Waals surface area (Å²) in [6.07, 6.45) is 4.97. The van der Waals surface area contributed by atoms with E-state index >= 15 is 0 Å². The van der Waals surface area contributed by atoms with E-state index in [1.54, 1.807) is 20.0 Å². The van der Waals surface area contributed by atoms with Crippen molar-refractivity contribution in [3.05, 3.63) is 46.8 Å². The largest absolute Gasteiger partial charge is 0.510 e. The maximum atomic E-state index is 12.7. The van der Waals surface area contributed by atoms with Gasteiger partial charge in [-0.15, -0.1) is 0 Å². The van der Waals surface area contributed by atoms with E-state index in [-0.39, 0.29) is 44.4 Å². The summed E-state index contributed by atoms with van der Waals surface area (Å²) >= 11 is 0. The van der Waals surface area contributed by atoms with Crippen LogP contribution in [0.15, 0.2) is 23.5 Å². The Balaban J connectivity index is 0.00000320. The molecule has 159 valence electrons. The van der Waals surface area contributed by atoms with Gasteiger partial charge in [-0.1, -0.05) is 25.8 Å². The molecule has 9 heteroatoms. The van der Waals surface area contributed by atoms with Crippen LogP contribution in [0.3, 0.4) is 0 Å². The van der Waals surface area contributed by atoms with Crippen LogP contribution in [0.1, 0.15) is 66.7 Å². The zero-order valence-corrected chi connectivity index (χ0v) is 20.8. The second kappa shape index (κ2) is 11.0. The third-order valence-electron chi connectivity index (χ3n) is 5.06. The number of nitrogens with zero attached hydrogens (tertiary/aromatic N) is 4. The Kier molecular flexibility index (Phi) is 8.98. The Morgan fingerprint density at radius 2 is 1.93 bits per heavy atom. The summed E-state index contributed by atoms with van der Waals surface area (Å²) in [5.74, 6) is -0.409. The Bertz CT molecular complexity index is 960. The number of ether oxygens (including phenoxy) is 2. The van der Waals surface area contributed by atoms with E-state index in [1.807, 2.05) is 19.9 Å². The predicted octanol–water partition coefficient (Wildman–Crippen LogP) is 3.38. The smallest absolute Gasteiger partial charge is 0.431 e. The zero-order valence-electron chi connectivity index (χ0n) is 17.9. The van der Waals surface area contributed by atoms with Crippen molar-refractivity contribution in [2.45, 2.75) is 65.2 Å². The molecule has 1 aliphatic rings. The Morgan fingerprint density at radius 1 is 1.23 bits per heavy atom. The molecule has 0 N–H and O–H groups in total. The fourth-order valence-electron chi connectivity index (χ4n) is 3.45. The molecular formula is C21H27N4O4Y-. The van der Waals surface area contributed by atoms with E-state index in [1.165, 1.54) is 22.0 Å². The summed E-state index contributed by atoms with van der Waals surface area (Å²) < 4.78 is 13.8. The minimum Gasteiger partial charge on any atom is -0.431 e. The third-order valence-corrected chi connectivity index (χ3v) is 5.06. The van der Waals surface area contributed by atoms with Gasteiger partial charge < -0.3 is 9.47 Å². The maximum Gasteiger partial charge on any atom is 0.510 e. The average Bonchev–Trinajstić information content (AvgIpc) is 3.03. The first-order chi connectivity index (χ1) is 13.8. The van der Waals surface area contributed by atoms with Crippen LogP contribution >= 0.6 is 0 Å². The maximum absolute atomic E-state index is 12.7. The SMILES string of the molecule is Cc1[c-]c(C)c(C(=O)N=c2n(C(C)OC(=O)OC3CCCCC3)cnn2C)cc1.[Y]. The summed E-state index contributed by atoms with van der Waals surface area (Å²) in [6, 6.07) is 6.67. The number of aromatic nitrogens is 3. The molecule has 0 spiro atoms. The average molecular weight is 488 g/mol. The fraction of sp³-hybridized carbons (Fsp3) is 0.524. The first-order valence-corrected chi connectivity index (χ1v) is 9.91. The molecule has 1 aromatic heterocycles. The molecule has 1 saturated carbocycles. The van der Waals surface area contributed by atoms with Crippen LogP contribution in [0.4, 0.5) is 4.79 Å². The van der Waals surface area contributed by atoms with E-state index in [9.17, 15) is 9.59 Å². The van der Waals surface area contributed by atoms with Gasteiger partial charge in [-0.2, -0.15) is 39.4 Å². The third kappa shape index (κ3) is 6.11. The van der Waals surface area contributed by atoms with Crippen LogP contribution < -0.4 is 5.62 Å². The van der Waals surface area contributed by atoms with Gasteiger partial charge in [0.25, 0.3) is 0 Å². The van der Waals surface area contributed by atoms with E-state index < -0.39 is 18.3 Å². The molecule has 2 aromatic rings. The van der Waals surface area contributed by atoms with Gasteiger partial charge in [0.05, 0.1) is 0 Å². The van der Waals surface area contributed by atoms with Gasteiger partial charge in [-0.25, -0.2) is 9.48 Å². The van der Waals surface area contributed by atoms with Crippen molar-refractivity contribution in [1.82, 2.24) is 14.3 Å². The molecule has 1 fully saturated rings. The molecule has 1 aliphatic carbocycles. The molecule has 0 aliphatic heterocycles. The second-order valence-corrected chi connectivity index (χ2v) is 7.40. The van der Waals surface area contributed by atoms with Crippen LogP contribution in [0.5, 0.6) is 0 Å². The quantitative estimate of drug-likeness (QED) is 0.487. The monoisotopic (exact) mass is 488 g/mol. The van der Waals surface area contributed by atoms with Gasteiger partial charge in [-0.05, 0) is 32.6 Å². The number of carbonyl (C=O) groups excluding carboxylic acids is 2. The van der Waals surface area contributed by atoms with Crippen molar-refractivity contribution in [3.63, 3.8) is 0 Å². The van der Waals surface area contributed by atoms with Crippen LogP contribution in [-0.4, -0.2) is 32.5 Å². The first-order valence-electron chi connectivity index (χ1n) is 9.91. The molecule has 1 aromatic carbocycles. The minimum absolute atomic E-state index is 0. The van der Waals surface area contributed by atoms with Crippen molar-refractivity contribution in [1.29, 1.82) is 0 Å². The van der Waals surface area contributed by atoms with Gasteiger partial charge in [-0.3, -0.25) is 9.36 Å². The number of hydrogen-bond donors (Lipinski definition) is 0. The van der Waals surface area contributed by atoms with Crippen molar-refractivity contribution in [3.8, 4) is 0 Å². The number of benzene rings is 1. The van der Waals surface area contributed by atoms with Crippen molar-refractivity contribution in [2.24, 2.45) is 12.0 Å². The summed E-state index contributed by atoms with van der Waals surface area (Å²) in [4.78, 5) is 29.0. The van der Waals surface area contributed by atoms with Gasteiger partial charge in [0.15, 0.2) is 6.23 Å². The van der Waals surface area contributed by atoms with Gasteiger partial charge in [0.2, 0.25) is 11.5 Å². The Hall–Kier alpha value is -1.80. The molecule has 0 bridgehead atoms. The number of hydrogen-bond acceptors (Lipinski definition) is 5. The molecule has 1 heterocycles. The molecule has 0 saturated heterocycles. The Morgan fingerprint density at radius 3 is 2.60 bits per heavy atom. The molecule has 8 nitrogen and oxygen atoms in total. The first kappa shape index (κ1) is 24.5. The van der Waals surface area contributed by atoms with Crippen molar-refractivity contribution < 1.29 is 51.8 Å². The summed E-state index contributed by atoms with van der Waals surface area (Å²) in [6.45, 7) is 5.41. The number of carbonyl (C=O) groups is 2. The molecular weight excluding hydrogens is 461 g/mol. The van der Waals surface area contributed by atoms with Crippen LogP contribution in [0.2, 0.25) is 0 Å². The molecule has 1 unspecified atom stereocenters. The number of rotatable bonds is 4. The molecule has 3 rings (SSSR count). The molecule has 1 atom stereocenters. The van der Waals surface area contributed by atoms with E-state index in [0.29, 0.717) is 5.56 Å². The second-order valence-electron chi connectivity index (χ2n) is 7.40. The van der Waals surface area contributed by atoms with Crippen LogP contribution in [0, 0.1) is 19.9 Å². The summed E-state index contributed by atoms with van der Waals surface area (Å²) in [7, 11) is 1.67. The standard InChI is InChI=1S/C21H27N4O4.Y/c1-14-10-11-18(15(2)12-14)19(26)23-20-24(4)22-13-25(20)16(3)28-21(27)29-17-8-6-5-7-9-17;/h10-11,13,16-17H,5-9H2,1-4H3;/q-1;.